The van der Waals surface area contributed by atoms with E-state index in [1.165, 1.54) is 5.01 Å². The molecule has 236 valence electrons. The molecule has 3 N–H and O–H groups in total. The van der Waals surface area contributed by atoms with Crippen LogP contribution in [-0.2, 0) is 28.7 Å². The minimum absolute atomic E-state index is 0.183. The Hall–Kier alpha value is -3.83. The van der Waals surface area contributed by atoms with Gasteiger partial charge in [0.2, 0.25) is 5.91 Å². The van der Waals surface area contributed by atoms with Gasteiger partial charge in [0.05, 0.1) is 28.8 Å². The standard InChI is InChI=1S/C33H43N5O6/c1-19(2)28-30(40)35-22(5)31(41)38-15-6-7-26(37-38)29(39)34-21(4)25-11-10-24-9-8-23(17-27(24)36-25)12-13-33(32(42)44-28)14-16-43-20(3)18-33/h8-13,17,19-22,26,28,37H,6-7,14-16,18H2,1-5H3,(H,34,39)(H,35,40)/b13-12-/t20?,21-,22+,26+,28+,33?/m1/s1. The van der Waals surface area contributed by atoms with E-state index >= 15 is 0 Å². The smallest absolute Gasteiger partial charge is 0.316 e. The van der Waals surface area contributed by atoms with Gasteiger partial charge in [-0.05, 0) is 70.1 Å². The highest BCUT2D eigenvalue weighted by atomic mass is 16.6. The quantitative estimate of drug-likeness (QED) is 0.422. The Bertz CT molecular complexity index is 1460. The van der Waals surface area contributed by atoms with Crippen molar-refractivity contribution in [2.75, 3.05) is 13.2 Å². The molecule has 3 aliphatic heterocycles. The van der Waals surface area contributed by atoms with E-state index in [0.29, 0.717) is 44.5 Å². The molecule has 0 radical (unpaired) electrons. The summed E-state index contributed by atoms with van der Waals surface area (Å²) in [6.45, 7) is 9.75. The Morgan fingerprint density at radius 2 is 1.75 bits per heavy atom. The molecule has 1 aromatic heterocycles. The van der Waals surface area contributed by atoms with E-state index in [1.54, 1.807) is 20.8 Å². The zero-order chi connectivity index (χ0) is 31.6. The first-order valence-corrected chi connectivity index (χ1v) is 15.6. The Morgan fingerprint density at radius 3 is 2.50 bits per heavy atom. The number of cyclic esters (lactones) is 1. The van der Waals surface area contributed by atoms with Crippen LogP contribution in [0.1, 0.15) is 77.6 Å². The van der Waals surface area contributed by atoms with Crippen molar-refractivity contribution >= 4 is 40.7 Å². The first-order chi connectivity index (χ1) is 21.0. The number of benzene rings is 1. The second-order valence-electron chi connectivity index (χ2n) is 12.7. The van der Waals surface area contributed by atoms with Crippen molar-refractivity contribution in [3.8, 4) is 0 Å². The van der Waals surface area contributed by atoms with Crippen LogP contribution in [0.25, 0.3) is 17.0 Å². The van der Waals surface area contributed by atoms with Crippen LogP contribution in [0.4, 0.5) is 0 Å². The minimum atomic E-state index is -1.10. The average Bonchev–Trinajstić information content (AvgIpc) is 3.01. The topological polar surface area (TPSA) is 139 Å². The molecule has 2 aromatic rings. The minimum Gasteiger partial charge on any atom is -0.451 e. The lowest BCUT2D eigenvalue weighted by Crippen LogP contribution is -2.61. The molecule has 6 atom stereocenters. The Kier molecular flexibility index (Phi) is 9.36. The number of esters is 1. The highest BCUT2D eigenvalue weighted by molar-refractivity contribution is 5.92. The van der Waals surface area contributed by atoms with Crippen molar-refractivity contribution in [2.45, 2.75) is 90.6 Å². The third kappa shape index (κ3) is 6.78. The van der Waals surface area contributed by atoms with Crippen LogP contribution in [0.5, 0.6) is 0 Å². The van der Waals surface area contributed by atoms with Gasteiger partial charge in [-0.1, -0.05) is 44.2 Å². The number of fused-ring (bicyclic) bond motifs is 4. The van der Waals surface area contributed by atoms with E-state index in [1.807, 2.05) is 56.3 Å². The van der Waals surface area contributed by atoms with Gasteiger partial charge in [-0.2, -0.15) is 0 Å². The summed E-state index contributed by atoms with van der Waals surface area (Å²) in [6.07, 6.45) is 4.46. The van der Waals surface area contributed by atoms with E-state index < -0.39 is 35.5 Å². The van der Waals surface area contributed by atoms with Crippen molar-refractivity contribution in [3.63, 3.8) is 0 Å². The van der Waals surface area contributed by atoms with Crippen LogP contribution in [-0.4, -0.2) is 71.1 Å². The van der Waals surface area contributed by atoms with Crippen LogP contribution in [0, 0.1) is 11.3 Å². The number of hydrogen-bond acceptors (Lipinski definition) is 8. The molecular formula is C33H43N5O6. The van der Waals surface area contributed by atoms with Gasteiger partial charge < -0.3 is 20.1 Å². The van der Waals surface area contributed by atoms with Gasteiger partial charge in [0.1, 0.15) is 12.1 Å². The molecule has 2 unspecified atom stereocenters. The number of hydrazine groups is 1. The van der Waals surface area contributed by atoms with E-state index in [9.17, 15) is 19.2 Å². The fraction of sp³-hybridized carbons (Fsp3) is 0.545. The normalized spacial score (nSPS) is 31.5. The monoisotopic (exact) mass is 605 g/mol. The number of carbonyl (C=O) groups excluding carboxylic acids is 4. The molecular weight excluding hydrogens is 562 g/mol. The zero-order valence-electron chi connectivity index (χ0n) is 26.1. The summed E-state index contributed by atoms with van der Waals surface area (Å²) in [5.74, 6) is -2.00. The fourth-order valence-corrected chi connectivity index (χ4v) is 6.11. The highest BCUT2D eigenvalue weighted by Gasteiger charge is 2.44. The van der Waals surface area contributed by atoms with Gasteiger partial charge in [0, 0.05) is 18.5 Å². The Balaban J connectivity index is 1.54. The number of amides is 3. The molecule has 3 aliphatic rings. The maximum Gasteiger partial charge on any atom is 0.316 e. The largest absolute Gasteiger partial charge is 0.451 e. The summed E-state index contributed by atoms with van der Waals surface area (Å²) in [6, 6.07) is 7.85. The van der Waals surface area contributed by atoms with Crippen molar-refractivity contribution in [1.82, 2.24) is 26.1 Å². The zero-order valence-corrected chi connectivity index (χ0v) is 26.1. The molecule has 2 saturated heterocycles. The molecule has 0 saturated carbocycles. The average molecular weight is 606 g/mol. The number of hydrogen-bond donors (Lipinski definition) is 3. The number of rotatable bonds is 1. The summed E-state index contributed by atoms with van der Waals surface area (Å²) >= 11 is 0. The lowest BCUT2D eigenvalue weighted by molar-refractivity contribution is -0.172. The van der Waals surface area contributed by atoms with Gasteiger partial charge in [0.25, 0.3) is 11.8 Å². The summed E-state index contributed by atoms with van der Waals surface area (Å²) in [4.78, 5) is 58.8. The van der Waals surface area contributed by atoms with Crippen LogP contribution in [0.15, 0.2) is 36.4 Å². The lowest BCUT2D eigenvalue weighted by Gasteiger charge is -2.37. The second kappa shape index (κ2) is 13.0. The molecule has 1 aromatic carbocycles. The third-order valence-electron chi connectivity index (χ3n) is 8.74. The highest BCUT2D eigenvalue weighted by Crippen LogP contribution is 2.38. The fourth-order valence-electron chi connectivity index (χ4n) is 6.11. The van der Waals surface area contributed by atoms with Crippen LogP contribution < -0.4 is 16.1 Å². The maximum absolute atomic E-state index is 13.9. The molecule has 0 aliphatic carbocycles. The lowest BCUT2D eigenvalue weighted by atomic mass is 9.77. The van der Waals surface area contributed by atoms with Crippen molar-refractivity contribution in [3.05, 3.63) is 47.7 Å². The molecule has 11 heteroatoms. The summed E-state index contributed by atoms with van der Waals surface area (Å²) < 4.78 is 11.7. The predicted octanol–water partition coefficient (Wildman–Crippen LogP) is 3.19. The van der Waals surface area contributed by atoms with Gasteiger partial charge in [0.15, 0.2) is 6.10 Å². The van der Waals surface area contributed by atoms with Crippen LogP contribution >= 0.6 is 0 Å². The summed E-state index contributed by atoms with van der Waals surface area (Å²) in [5.41, 5.74) is 4.36. The van der Waals surface area contributed by atoms with Gasteiger partial charge >= 0.3 is 5.97 Å². The van der Waals surface area contributed by atoms with E-state index in [2.05, 4.69) is 16.1 Å². The van der Waals surface area contributed by atoms with E-state index in [-0.39, 0.29) is 29.9 Å². The van der Waals surface area contributed by atoms with Crippen molar-refractivity contribution < 1.29 is 28.7 Å². The molecule has 2 fully saturated rings. The first kappa shape index (κ1) is 31.6. The first-order valence-electron chi connectivity index (χ1n) is 15.6. The van der Waals surface area contributed by atoms with E-state index in [0.717, 1.165) is 16.5 Å². The number of aromatic nitrogens is 1. The second-order valence-corrected chi connectivity index (χ2v) is 12.7. The maximum atomic E-state index is 13.9. The number of ether oxygens (including phenoxy) is 2. The number of nitrogens with one attached hydrogen (secondary N) is 3. The molecule has 11 nitrogen and oxygen atoms in total. The van der Waals surface area contributed by atoms with Gasteiger partial charge in [-0.15, -0.1) is 0 Å². The van der Waals surface area contributed by atoms with Gasteiger partial charge in [-0.3, -0.25) is 29.2 Å². The molecule has 5 rings (SSSR count). The molecule has 1 spiro atoms. The van der Waals surface area contributed by atoms with Gasteiger partial charge in [-0.25, -0.2) is 5.43 Å². The number of carbonyl (C=O) groups is 4. The molecule has 5 bridgehead atoms. The molecule has 3 amide bonds. The Morgan fingerprint density at radius 1 is 1.00 bits per heavy atom. The SMILES string of the molecule is CC1CC2(/C=C\c3ccc4ccc(nc4c3)[C@@H](C)NC(=O)[C@@H]3CCCN(N3)C(=O)[C@H](C)NC(=O)[C@H](C(C)C)OC2=O)CCO1. The molecule has 44 heavy (non-hydrogen) atoms. The molecule has 4 heterocycles. The Labute approximate surface area is 258 Å². The van der Waals surface area contributed by atoms with Crippen molar-refractivity contribution in [1.29, 1.82) is 0 Å². The number of nitrogens with zero attached hydrogens (tertiary/aromatic N) is 2. The van der Waals surface area contributed by atoms with Crippen LogP contribution in [0.2, 0.25) is 0 Å². The summed E-state index contributed by atoms with van der Waals surface area (Å²) in [7, 11) is 0. The third-order valence-corrected chi connectivity index (χ3v) is 8.74. The van der Waals surface area contributed by atoms with Crippen molar-refractivity contribution in [2.24, 2.45) is 11.3 Å². The van der Waals surface area contributed by atoms with Crippen LogP contribution in [0.3, 0.4) is 0 Å². The van der Waals surface area contributed by atoms with E-state index in [4.69, 9.17) is 14.5 Å². The number of pyridine rings is 1. The predicted molar refractivity (Wildman–Crippen MR) is 165 cm³/mol. The summed E-state index contributed by atoms with van der Waals surface area (Å²) in [5, 5.41) is 8.11.